The van der Waals surface area contributed by atoms with Crippen LogP contribution in [0.15, 0.2) is 24.3 Å². The molecule has 7 nitrogen and oxygen atoms in total. The zero-order valence-corrected chi connectivity index (χ0v) is 13.6. The molecule has 24 heavy (non-hydrogen) atoms. The maximum Gasteiger partial charge on any atom is 0.335 e. The van der Waals surface area contributed by atoms with E-state index in [0.717, 1.165) is 37.6 Å². The third-order valence-corrected chi connectivity index (χ3v) is 4.77. The van der Waals surface area contributed by atoms with Crippen LogP contribution in [0.2, 0.25) is 0 Å². The van der Waals surface area contributed by atoms with Gasteiger partial charge in [0.1, 0.15) is 0 Å². The summed E-state index contributed by atoms with van der Waals surface area (Å²) in [6.45, 7) is 6.41. The van der Waals surface area contributed by atoms with E-state index in [1.54, 1.807) is 12.1 Å². The molecular weight excluding hydrogens is 310 g/mol. The molecule has 3 rings (SSSR count). The molecule has 0 bridgehead atoms. The van der Waals surface area contributed by atoms with Gasteiger partial charge in [0.2, 0.25) is 5.91 Å². The minimum atomic E-state index is -1.08. The number of aromatic carboxylic acids is 1. The summed E-state index contributed by atoms with van der Waals surface area (Å²) in [5.41, 5.74) is 0.396. The van der Waals surface area contributed by atoms with Crippen LogP contribution >= 0.6 is 0 Å². The molecule has 1 N–H and O–H groups in total. The molecular formula is C17H21N3O4. The summed E-state index contributed by atoms with van der Waals surface area (Å²) in [7, 11) is 0. The Morgan fingerprint density at radius 3 is 2.54 bits per heavy atom. The van der Waals surface area contributed by atoms with E-state index in [9.17, 15) is 14.4 Å². The van der Waals surface area contributed by atoms with E-state index in [2.05, 4.69) is 16.7 Å². The van der Waals surface area contributed by atoms with E-state index in [4.69, 9.17) is 5.11 Å². The molecule has 2 aliphatic rings. The molecule has 1 atom stereocenters. The van der Waals surface area contributed by atoms with Gasteiger partial charge in [0.05, 0.1) is 23.7 Å². The maximum absolute atomic E-state index is 12.8. The molecule has 2 heterocycles. The van der Waals surface area contributed by atoms with Crippen LogP contribution in [0, 0.1) is 0 Å². The molecule has 1 aromatic carbocycles. The first kappa shape index (κ1) is 16.6. The number of benzene rings is 1. The van der Waals surface area contributed by atoms with Gasteiger partial charge in [-0.15, -0.1) is 0 Å². The number of imide groups is 1. The lowest BCUT2D eigenvalue weighted by Crippen LogP contribution is -2.52. The number of carbonyl (C=O) groups is 3. The quantitative estimate of drug-likeness (QED) is 0.816. The number of likely N-dealkylation sites (N-methyl/N-ethyl adjacent to an activating group) is 1. The number of carboxylic acid groups (broad SMARTS) is 1. The molecule has 0 saturated carbocycles. The number of carboxylic acids is 1. The average molecular weight is 331 g/mol. The van der Waals surface area contributed by atoms with Gasteiger partial charge in [0.25, 0.3) is 5.91 Å². The molecule has 2 saturated heterocycles. The van der Waals surface area contributed by atoms with Crippen molar-refractivity contribution in [3.63, 3.8) is 0 Å². The van der Waals surface area contributed by atoms with Crippen LogP contribution in [-0.2, 0) is 9.59 Å². The third kappa shape index (κ3) is 3.05. The van der Waals surface area contributed by atoms with E-state index in [1.807, 2.05) is 0 Å². The summed E-state index contributed by atoms with van der Waals surface area (Å²) >= 11 is 0. The lowest BCUT2D eigenvalue weighted by atomic mass is 10.1. The van der Waals surface area contributed by atoms with Crippen LogP contribution in [0.1, 0.15) is 23.7 Å². The van der Waals surface area contributed by atoms with Crippen LogP contribution in [0.5, 0.6) is 0 Å². The predicted molar refractivity (Wildman–Crippen MR) is 88.0 cm³/mol. The second kappa shape index (κ2) is 6.70. The van der Waals surface area contributed by atoms with Crippen LogP contribution in [0.25, 0.3) is 0 Å². The van der Waals surface area contributed by atoms with Crippen molar-refractivity contribution in [2.24, 2.45) is 0 Å². The zero-order valence-electron chi connectivity index (χ0n) is 13.6. The monoisotopic (exact) mass is 331 g/mol. The predicted octanol–water partition coefficient (Wildman–Crippen LogP) is 0.654. The molecule has 2 aliphatic heterocycles. The van der Waals surface area contributed by atoms with E-state index >= 15 is 0 Å². The summed E-state index contributed by atoms with van der Waals surface area (Å²) in [5.74, 6) is -1.61. The second-order valence-corrected chi connectivity index (χ2v) is 6.11. The molecule has 2 fully saturated rings. The number of carbonyl (C=O) groups excluding carboxylic acids is 2. The Kier molecular flexibility index (Phi) is 4.64. The fourth-order valence-corrected chi connectivity index (χ4v) is 3.34. The van der Waals surface area contributed by atoms with Gasteiger partial charge in [-0.2, -0.15) is 0 Å². The van der Waals surface area contributed by atoms with Gasteiger partial charge >= 0.3 is 5.97 Å². The van der Waals surface area contributed by atoms with E-state index in [0.29, 0.717) is 5.69 Å². The molecule has 0 spiro atoms. The molecule has 128 valence electrons. The first-order valence-corrected chi connectivity index (χ1v) is 8.18. The molecule has 0 radical (unpaired) electrons. The van der Waals surface area contributed by atoms with Gasteiger partial charge in [-0.3, -0.25) is 14.5 Å². The smallest absolute Gasteiger partial charge is 0.335 e. The summed E-state index contributed by atoms with van der Waals surface area (Å²) in [4.78, 5) is 41.7. The van der Waals surface area contributed by atoms with Crippen molar-refractivity contribution in [2.75, 3.05) is 37.6 Å². The molecule has 1 aromatic rings. The number of hydrogen-bond acceptors (Lipinski definition) is 5. The highest BCUT2D eigenvalue weighted by molar-refractivity contribution is 6.22. The highest BCUT2D eigenvalue weighted by atomic mass is 16.4. The number of nitrogens with zero attached hydrogens (tertiary/aromatic N) is 3. The minimum Gasteiger partial charge on any atom is -0.478 e. The standard InChI is InChI=1S/C17H21N3O4/c1-2-18-6-8-19(9-7-18)14-11-15(21)20(16(14)22)13-5-3-4-12(10-13)17(23)24/h3-5,10,14H,2,6-9,11H2,1H3,(H,23,24)/t14-/m1/s1. The molecule has 0 aromatic heterocycles. The summed E-state index contributed by atoms with van der Waals surface area (Å²) in [6.07, 6.45) is 0.155. The Morgan fingerprint density at radius 2 is 1.92 bits per heavy atom. The molecule has 0 unspecified atom stereocenters. The Balaban J connectivity index is 1.77. The molecule has 0 aliphatic carbocycles. The summed E-state index contributed by atoms with van der Waals surface area (Å²) < 4.78 is 0. The lowest BCUT2D eigenvalue weighted by molar-refractivity contribution is -0.123. The largest absolute Gasteiger partial charge is 0.478 e. The number of hydrogen-bond donors (Lipinski definition) is 1. The van der Waals surface area contributed by atoms with Crippen molar-refractivity contribution in [2.45, 2.75) is 19.4 Å². The number of piperazine rings is 1. The third-order valence-electron chi connectivity index (χ3n) is 4.77. The van der Waals surface area contributed by atoms with Gasteiger partial charge in [-0.1, -0.05) is 13.0 Å². The van der Waals surface area contributed by atoms with Gasteiger partial charge < -0.3 is 10.0 Å². The van der Waals surface area contributed by atoms with Crippen molar-refractivity contribution in [3.05, 3.63) is 29.8 Å². The number of rotatable bonds is 4. The van der Waals surface area contributed by atoms with Gasteiger partial charge in [-0.05, 0) is 24.7 Å². The van der Waals surface area contributed by atoms with Crippen molar-refractivity contribution < 1.29 is 19.5 Å². The Labute approximate surface area is 140 Å². The van der Waals surface area contributed by atoms with Crippen LogP contribution < -0.4 is 4.90 Å². The average Bonchev–Trinajstić information content (AvgIpc) is 2.89. The van der Waals surface area contributed by atoms with Crippen molar-refractivity contribution in [1.82, 2.24) is 9.80 Å². The van der Waals surface area contributed by atoms with Crippen molar-refractivity contribution >= 4 is 23.5 Å². The second-order valence-electron chi connectivity index (χ2n) is 6.11. The van der Waals surface area contributed by atoms with E-state index < -0.39 is 12.0 Å². The van der Waals surface area contributed by atoms with Gasteiger partial charge in [0, 0.05) is 26.2 Å². The van der Waals surface area contributed by atoms with Crippen LogP contribution in [0.3, 0.4) is 0 Å². The van der Waals surface area contributed by atoms with Crippen LogP contribution in [-0.4, -0.2) is 71.5 Å². The van der Waals surface area contributed by atoms with Crippen molar-refractivity contribution in [1.29, 1.82) is 0 Å². The Hall–Kier alpha value is -2.25. The first-order chi connectivity index (χ1) is 11.5. The summed E-state index contributed by atoms with van der Waals surface area (Å²) in [5, 5.41) is 9.09. The highest BCUT2D eigenvalue weighted by Gasteiger charge is 2.43. The fourth-order valence-electron chi connectivity index (χ4n) is 3.34. The molecule has 2 amide bonds. The lowest BCUT2D eigenvalue weighted by Gasteiger charge is -2.36. The Morgan fingerprint density at radius 1 is 1.21 bits per heavy atom. The van der Waals surface area contributed by atoms with Crippen LogP contribution in [0.4, 0.5) is 5.69 Å². The summed E-state index contributed by atoms with van der Waals surface area (Å²) in [6, 6.07) is 5.52. The minimum absolute atomic E-state index is 0.0631. The zero-order chi connectivity index (χ0) is 17.3. The SMILES string of the molecule is CCN1CCN([C@@H]2CC(=O)N(c3cccc(C(=O)O)c3)C2=O)CC1. The fraction of sp³-hybridized carbons (Fsp3) is 0.471. The van der Waals surface area contributed by atoms with E-state index in [-0.39, 0.29) is 23.8 Å². The topological polar surface area (TPSA) is 81.2 Å². The molecule has 7 heteroatoms. The normalized spacial score (nSPS) is 23.0. The highest BCUT2D eigenvalue weighted by Crippen LogP contribution is 2.27. The van der Waals surface area contributed by atoms with E-state index in [1.165, 1.54) is 12.1 Å². The Bertz CT molecular complexity index is 668. The van der Waals surface area contributed by atoms with Crippen molar-refractivity contribution in [3.8, 4) is 0 Å². The van der Waals surface area contributed by atoms with Gasteiger partial charge in [0.15, 0.2) is 0 Å². The van der Waals surface area contributed by atoms with Gasteiger partial charge in [-0.25, -0.2) is 9.69 Å². The first-order valence-electron chi connectivity index (χ1n) is 8.18. The maximum atomic E-state index is 12.8. The number of anilines is 1. The number of amides is 2.